The van der Waals surface area contributed by atoms with Gasteiger partial charge in [0.25, 0.3) is 11.4 Å². The largest absolute Gasteiger partial charge is 0.498 e. The van der Waals surface area contributed by atoms with Crippen LogP contribution in [0.5, 0.6) is 0 Å². The molecule has 0 saturated heterocycles. The SMILES string of the molecule is O=[N+]([O-])c1ccc(C#[N+][O-])c([N+](=O)[O-])c1. The Morgan fingerprint density at radius 2 is 1.87 bits per heavy atom. The second-order valence-electron chi connectivity index (χ2n) is 2.42. The van der Waals surface area contributed by atoms with Crippen molar-refractivity contribution in [3.8, 4) is 6.07 Å². The number of non-ortho nitro benzene ring substituents is 1. The zero-order valence-corrected chi connectivity index (χ0v) is 7.11. The van der Waals surface area contributed by atoms with Crippen molar-refractivity contribution in [2.45, 2.75) is 0 Å². The third-order valence-corrected chi connectivity index (χ3v) is 1.55. The summed E-state index contributed by atoms with van der Waals surface area (Å²) in [6.45, 7) is 0. The van der Waals surface area contributed by atoms with Crippen molar-refractivity contribution in [2.75, 3.05) is 0 Å². The van der Waals surface area contributed by atoms with Gasteiger partial charge in [-0.1, -0.05) is 0 Å². The van der Waals surface area contributed by atoms with Crippen LogP contribution < -0.4 is 0 Å². The van der Waals surface area contributed by atoms with Gasteiger partial charge in [-0.15, -0.1) is 0 Å². The molecule has 0 radical (unpaired) electrons. The first-order valence-corrected chi connectivity index (χ1v) is 3.57. The third-order valence-electron chi connectivity index (χ3n) is 1.55. The molecule has 1 aromatic rings. The van der Waals surface area contributed by atoms with E-state index in [-0.39, 0.29) is 5.56 Å². The Balaban J connectivity index is 3.37. The highest BCUT2D eigenvalue weighted by molar-refractivity contribution is 5.55. The van der Waals surface area contributed by atoms with Crippen molar-refractivity contribution in [2.24, 2.45) is 0 Å². The van der Waals surface area contributed by atoms with Crippen molar-refractivity contribution in [1.29, 1.82) is 0 Å². The molecule has 0 saturated carbocycles. The molecule has 8 heteroatoms. The molecule has 1 aromatic carbocycles. The van der Waals surface area contributed by atoms with E-state index in [2.05, 4.69) is 5.01 Å². The van der Waals surface area contributed by atoms with Crippen LogP contribution in [-0.2, 0) is 0 Å². The van der Waals surface area contributed by atoms with Crippen LogP contribution in [0.2, 0.25) is 0 Å². The van der Waals surface area contributed by atoms with Gasteiger partial charge < -0.3 is 5.21 Å². The molecule has 0 heterocycles. The Labute approximate surface area is 82.5 Å². The van der Waals surface area contributed by atoms with Crippen molar-refractivity contribution in [3.05, 3.63) is 54.2 Å². The van der Waals surface area contributed by atoms with E-state index in [4.69, 9.17) is 0 Å². The molecular weight excluding hydrogens is 206 g/mol. The number of benzene rings is 1. The van der Waals surface area contributed by atoms with Gasteiger partial charge in [0.1, 0.15) is 0 Å². The van der Waals surface area contributed by atoms with E-state index >= 15 is 0 Å². The van der Waals surface area contributed by atoms with Crippen LogP contribution in [0.25, 0.3) is 5.01 Å². The summed E-state index contributed by atoms with van der Waals surface area (Å²) in [4.78, 5) is 19.2. The van der Waals surface area contributed by atoms with Gasteiger partial charge in [0.2, 0.25) is 0 Å². The fourth-order valence-electron chi connectivity index (χ4n) is 0.928. The van der Waals surface area contributed by atoms with E-state index in [9.17, 15) is 25.4 Å². The van der Waals surface area contributed by atoms with Crippen LogP contribution in [0.1, 0.15) is 5.56 Å². The van der Waals surface area contributed by atoms with Gasteiger partial charge in [0, 0.05) is 11.1 Å². The van der Waals surface area contributed by atoms with E-state index in [0.717, 1.165) is 18.2 Å². The van der Waals surface area contributed by atoms with Crippen LogP contribution in [0, 0.1) is 31.5 Å². The molecule has 0 unspecified atom stereocenters. The Hall–Kier alpha value is -2.69. The minimum Gasteiger partial charge on any atom is -0.498 e. The van der Waals surface area contributed by atoms with Crippen LogP contribution >= 0.6 is 0 Å². The van der Waals surface area contributed by atoms with Gasteiger partial charge in [-0.2, -0.15) is 0 Å². The van der Waals surface area contributed by atoms with E-state index < -0.39 is 21.2 Å². The monoisotopic (exact) mass is 209 g/mol. The number of nitro groups is 2. The maximum Gasteiger partial charge on any atom is 0.343 e. The molecule has 0 fully saturated rings. The molecule has 0 N–H and O–H groups in total. The Kier molecular flexibility index (Phi) is 2.78. The van der Waals surface area contributed by atoms with Crippen LogP contribution in [0.4, 0.5) is 11.4 Å². The topological polar surface area (TPSA) is 114 Å². The van der Waals surface area contributed by atoms with E-state index in [1.807, 2.05) is 6.07 Å². The molecule has 15 heavy (non-hydrogen) atoms. The number of hydrogen-bond acceptors (Lipinski definition) is 5. The van der Waals surface area contributed by atoms with Crippen LogP contribution in [-0.4, -0.2) is 9.85 Å². The van der Waals surface area contributed by atoms with Crippen LogP contribution in [0.3, 0.4) is 0 Å². The fourth-order valence-corrected chi connectivity index (χ4v) is 0.928. The van der Waals surface area contributed by atoms with Gasteiger partial charge in [-0.3, -0.25) is 20.2 Å². The zero-order chi connectivity index (χ0) is 11.4. The molecule has 0 spiro atoms. The normalized spacial score (nSPS) is 8.80. The number of nitro benzene ring substituents is 2. The Morgan fingerprint density at radius 3 is 2.33 bits per heavy atom. The lowest BCUT2D eigenvalue weighted by Crippen LogP contribution is -1.95. The van der Waals surface area contributed by atoms with Gasteiger partial charge in [-0.05, 0) is 6.07 Å². The van der Waals surface area contributed by atoms with Gasteiger partial charge in [0.05, 0.1) is 15.9 Å². The predicted molar refractivity (Wildman–Crippen MR) is 49.5 cm³/mol. The van der Waals surface area contributed by atoms with Gasteiger partial charge in [0.15, 0.2) is 5.56 Å². The molecule has 76 valence electrons. The molecule has 0 aliphatic rings. The molecule has 1 rings (SSSR count). The summed E-state index contributed by atoms with van der Waals surface area (Å²) in [7, 11) is 0. The second kappa shape index (κ2) is 4.01. The average molecular weight is 209 g/mol. The first-order valence-electron chi connectivity index (χ1n) is 3.57. The summed E-state index contributed by atoms with van der Waals surface area (Å²) >= 11 is 0. The summed E-state index contributed by atoms with van der Waals surface area (Å²) in [5.41, 5.74) is -1.21. The molecule has 0 aliphatic heterocycles. The number of nitrogens with zero attached hydrogens (tertiary/aromatic N) is 3. The Morgan fingerprint density at radius 1 is 1.20 bits per heavy atom. The number of hydrogen-bond donors (Lipinski definition) is 0. The molecule has 0 amide bonds. The molecule has 0 aromatic heterocycles. The third kappa shape index (κ3) is 2.16. The van der Waals surface area contributed by atoms with E-state index in [1.165, 1.54) is 0 Å². The zero-order valence-electron chi connectivity index (χ0n) is 7.11. The highest BCUT2D eigenvalue weighted by atomic mass is 16.6. The molecular formula is C7H3N3O5. The predicted octanol–water partition coefficient (Wildman–Crippen LogP) is 1.68. The summed E-state index contributed by atoms with van der Waals surface area (Å²) in [5, 5.41) is 32.9. The smallest absolute Gasteiger partial charge is 0.343 e. The molecule has 0 atom stereocenters. The first-order chi connectivity index (χ1) is 7.06. The van der Waals surface area contributed by atoms with Crippen molar-refractivity contribution in [1.82, 2.24) is 0 Å². The lowest BCUT2D eigenvalue weighted by atomic mass is 10.2. The Bertz CT molecular complexity index is 487. The second-order valence-corrected chi connectivity index (χ2v) is 2.42. The van der Waals surface area contributed by atoms with Crippen molar-refractivity contribution >= 4 is 11.4 Å². The lowest BCUT2D eigenvalue weighted by molar-refractivity contribution is -0.394. The quantitative estimate of drug-likeness (QED) is 0.542. The van der Waals surface area contributed by atoms with Crippen LogP contribution in [0.15, 0.2) is 18.2 Å². The summed E-state index contributed by atoms with van der Waals surface area (Å²) in [6.07, 6.45) is 0. The van der Waals surface area contributed by atoms with Crippen molar-refractivity contribution in [3.63, 3.8) is 0 Å². The summed E-state index contributed by atoms with van der Waals surface area (Å²) < 4.78 is 0. The summed E-state index contributed by atoms with van der Waals surface area (Å²) in [5.74, 6) is 0. The number of rotatable bonds is 2. The first kappa shape index (κ1) is 10.4. The molecule has 0 aliphatic carbocycles. The molecule has 8 nitrogen and oxygen atoms in total. The highest BCUT2D eigenvalue weighted by Crippen LogP contribution is 2.23. The molecule has 0 bridgehead atoms. The maximum atomic E-state index is 10.5. The maximum absolute atomic E-state index is 10.5. The average Bonchev–Trinajstić information content (AvgIpc) is 2.18. The lowest BCUT2D eigenvalue weighted by Gasteiger charge is -1.92. The van der Waals surface area contributed by atoms with E-state index in [1.54, 1.807) is 0 Å². The fraction of sp³-hybridized carbons (Fsp3) is 0. The van der Waals surface area contributed by atoms with Crippen molar-refractivity contribution < 1.29 is 9.85 Å². The summed E-state index contributed by atoms with van der Waals surface area (Å²) in [6, 6.07) is 4.64. The van der Waals surface area contributed by atoms with Gasteiger partial charge in [-0.25, -0.2) is 0 Å². The van der Waals surface area contributed by atoms with Gasteiger partial charge >= 0.3 is 6.07 Å². The van der Waals surface area contributed by atoms with E-state index in [0.29, 0.717) is 0 Å². The standard InChI is InChI=1S/C7H3N3O5/c11-8-4-5-1-2-6(9(12)13)3-7(5)10(14)15/h1-3H. The minimum absolute atomic E-state index is 0.194. The highest BCUT2D eigenvalue weighted by Gasteiger charge is 2.20. The minimum atomic E-state index is -0.847.